The lowest BCUT2D eigenvalue weighted by Gasteiger charge is -2.25. The van der Waals surface area contributed by atoms with E-state index in [-0.39, 0.29) is 19.1 Å². The molecule has 0 bridgehead atoms. The summed E-state index contributed by atoms with van der Waals surface area (Å²) in [5.41, 5.74) is 0. The Labute approximate surface area is 557 Å². The fraction of sp³-hybridized carbons (Fsp3) is 0.691. The average molecular weight is 1270 g/mol. The van der Waals surface area contributed by atoms with Crippen LogP contribution in [0.4, 0.5) is 0 Å². The Balaban J connectivity index is 4.17. The van der Waals surface area contributed by atoms with E-state index in [9.17, 15) is 19.4 Å². The van der Waals surface area contributed by atoms with Crippen molar-refractivity contribution in [3.8, 4) is 0 Å². The Hall–Kier alpha value is -3.62. The largest absolute Gasteiger partial charge is 0.472 e. The molecule has 1 amide bonds. The van der Waals surface area contributed by atoms with E-state index in [2.05, 4.69) is 153 Å². The number of phosphoric acid groups is 1. The third-order valence-electron chi connectivity index (χ3n) is 16.0. The SMILES string of the molecule is CC/C=C\C/C=C\C/C=C\C/C=C\C/C=C\C/C=C\C/C=C\C/C=C\C/C=C\CCCCCCCCCCCC(=O)NC(COP(=O)(O)OCC[N+](C)(C)C)C(O)/C=C/CC/C=C/CC/C=C/CCCCCCCCCCCCCCCCCCCCCCC. The molecule has 0 aliphatic rings. The van der Waals surface area contributed by atoms with E-state index in [1.807, 2.05) is 27.2 Å². The number of phosphoric ester groups is 1. The van der Waals surface area contributed by atoms with Crippen molar-refractivity contribution in [3.05, 3.63) is 146 Å². The molecule has 0 heterocycles. The molecule has 0 fully saturated rings. The van der Waals surface area contributed by atoms with Crippen molar-refractivity contribution in [2.75, 3.05) is 40.9 Å². The molecule has 3 unspecified atom stereocenters. The summed E-state index contributed by atoms with van der Waals surface area (Å²) in [4.78, 5) is 23.4. The number of likely N-dealkylation sites (N-methyl/N-ethyl adjacent to an activating group) is 1. The minimum atomic E-state index is -4.38. The summed E-state index contributed by atoms with van der Waals surface area (Å²) in [6.07, 6.45) is 107. The van der Waals surface area contributed by atoms with Crippen LogP contribution in [0.15, 0.2) is 146 Å². The number of hydrogen-bond acceptors (Lipinski definition) is 5. The van der Waals surface area contributed by atoms with Crippen molar-refractivity contribution in [3.63, 3.8) is 0 Å². The normalized spacial score (nSPS) is 14.4. The third kappa shape index (κ3) is 71.8. The van der Waals surface area contributed by atoms with E-state index in [0.29, 0.717) is 17.4 Å². The zero-order chi connectivity index (χ0) is 65.5. The van der Waals surface area contributed by atoms with E-state index in [1.54, 1.807) is 6.08 Å². The molecule has 0 saturated carbocycles. The van der Waals surface area contributed by atoms with Gasteiger partial charge in [0.05, 0.1) is 39.9 Å². The summed E-state index contributed by atoms with van der Waals surface area (Å²) in [5.74, 6) is -0.201. The molecule has 0 aromatic rings. The molecule has 90 heavy (non-hydrogen) atoms. The number of nitrogens with zero attached hydrogens (tertiary/aromatic N) is 1. The number of unbranched alkanes of at least 4 members (excludes halogenated alkanes) is 32. The maximum absolute atomic E-state index is 13.1. The Morgan fingerprint density at radius 2 is 0.678 bits per heavy atom. The first-order valence-electron chi connectivity index (χ1n) is 37.2. The summed E-state index contributed by atoms with van der Waals surface area (Å²) in [5, 5.41) is 14.0. The molecule has 0 aliphatic heterocycles. The lowest BCUT2D eigenvalue weighted by atomic mass is 10.0. The van der Waals surface area contributed by atoms with E-state index >= 15 is 0 Å². The lowest BCUT2D eigenvalue weighted by Crippen LogP contribution is -2.45. The van der Waals surface area contributed by atoms with Gasteiger partial charge in [-0.15, -0.1) is 0 Å². The minimum absolute atomic E-state index is 0.0453. The van der Waals surface area contributed by atoms with Crippen LogP contribution in [0.25, 0.3) is 0 Å². The highest BCUT2D eigenvalue weighted by atomic mass is 31.2. The molecule has 516 valence electrons. The molecule has 3 N–H and O–H groups in total. The standard InChI is InChI=1S/C81H141N2O6P/c1-6-8-10-12-14-16-18-20-22-24-26-28-30-32-34-36-38-39-40-41-42-43-45-47-49-51-53-55-57-59-61-63-65-67-69-71-73-75-81(85)82-79(78-89-90(86,87)88-77-76-83(3,4)5)80(84)74-72-70-68-66-64-62-60-58-56-54-52-50-48-46-44-37-35-33-31-29-27-25-23-21-19-17-15-13-11-9-7-2/h8,10,14,16,20,22,26,28,32,34,38-39,41-42,45,47,51,53,56,58,64,66,72,74,79-80,84H,6-7,9,11-13,15,17-19,21,23-25,27,29-31,33,35-37,40,43-44,46,48-50,52,54-55,57,59-63,65,67-71,73,75-78H2,1-5H3,(H-,82,85,86,87)/p+1/b10-8-,16-14-,22-20-,28-26-,34-32-,39-38-,42-41-,47-45-,53-51-,58-56+,66-64+,74-72+. The van der Waals surface area contributed by atoms with Gasteiger partial charge in [-0.05, 0) is 116 Å². The molecule has 0 aromatic carbocycles. The molecule has 9 heteroatoms. The predicted molar refractivity (Wildman–Crippen MR) is 396 cm³/mol. The number of nitrogens with one attached hydrogen (secondary N) is 1. The van der Waals surface area contributed by atoms with E-state index in [4.69, 9.17) is 9.05 Å². The second-order valence-corrected chi connectivity index (χ2v) is 27.4. The van der Waals surface area contributed by atoms with E-state index in [0.717, 1.165) is 116 Å². The van der Waals surface area contributed by atoms with Crippen molar-refractivity contribution >= 4 is 13.7 Å². The van der Waals surface area contributed by atoms with Gasteiger partial charge < -0.3 is 19.8 Å². The highest BCUT2D eigenvalue weighted by Crippen LogP contribution is 2.43. The Bertz CT molecular complexity index is 1980. The smallest absolute Gasteiger partial charge is 0.387 e. The number of carbonyl (C=O) groups is 1. The topological polar surface area (TPSA) is 105 Å². The van der Waals surface area contributed by atoms with Crippen LogP contribution in [0.3, 0.4) is 0 Å². The highest BCUT2D eigenvalue weighted by Gasteiger charge is 2.28. The molecular weight excluding hydrogens is 1130 g/mol. The number of hydrogen-bond donors (Lipinski definition) is 3. The second kappa shape index (κ2) is 69.7. The van der Waals surface area contributed by atoms with Gasteiger partial charge >= 0.3 is 7.82 Å². The molecular formula is C81H142N2O6P+. The van der Waals surface area contributed by atoms with Gasteiger partial charge in [0.15, 0.2) is 0 Å². The van der Waals surface area contributed by atoms with Gasteiger partial charge in [0.2, 0.25) is 5.91 Å². The first kappa shape index (κ1) is 86.4. The van der Waals surface area contributed by atoms with E-state index < -0.39 is 20.0 Å². The van der Waals surface area contributed by atoms with Crippen LogP contribution < -0.4 is 5.32 Å². The third-order valence-corrected chi connectivity index (χ3v) is 17.0. The molecule has 0 spiro atoms. The van der Waals surface area contributed by atoms with Crippen molar-refractivity contribution in [2.45, 2.75) is 321 Å². The Morgan fingerprint density at radius 1 is 0.389 bits per heavy atom. The van der Waals surface area contributed by atoms with Gasteiger partial charge in [0, 0.05) is 6.42 Å². The molecule has 0 saturated heterocycles. The molecule has 8 nitrogen and oxygen atoms in total. The quantitative estimate of drug-likeness (QED) is 0.0243. The van der Waals surface area contributed by atoms with Gasteiger partial charge in [0.25, 0.3) is 0 Å². The number of amides is 1. The highest BCUT2D eigenvalue weighted by molar-refractivity contribution is 7.47. The summed E-state index contributed by atoms with van der Waals surface area (Å²) in [6.45, 7) is 4.68. The summed E-state index contributed by atoms with van der Waals surface area (Å²) in [7, 11) is 1.53. The van der Waals surface area contributed by atoms with Crippen LogP contribution in [0, 0.1) is 0 Å². The maximum atomic E-state index is 13.1. The molecule has 0 rings (SSSR count). The van der Waals surface area contributed by atoms with Crippen LogP contribution in [-0.4, -0.2) is 73.4 Å². The Kier molecular flexibility index (Phi) is 66.9. The Morgan fingerprint density at radius 3 is 1.02 bits per heavy atom. The van der Waals surface area contributed by atoms with Crippen LogP contribution >= 0.6 is 7.82 Å². The first-order chi connectivity index (χ1) is 44.0. The van der Waals surface area contributed by atoms with Crippen LogP contribution in [-0.2, 0) is 18.4 Å². The first-order valence-corrected chi connectivity index (χ1v) is 38.7. The van der Waals surface area contributed by atoms with Crippen molar-refractivity contribution in [1.29, 1.82) is 0 Å². The lowest BCUT2D eigenvalue weighted by molar-refractivity contribution is -0.870. The van der Waals surface area contributed by atoms with Crippen molar-refractivity contribution in [1.82, 2.24) is 5.32 Å². The number of aliphatic hydroxyl groups is 1. The van der Waals surface area contributed by atoms with Crippen molar-refractivity contribution < 1.29 is 32.9 Å². The summed E-state index contributed by atoms with van der Waals surface area (Å²) < 4.78 is 23.8. The number of rotatable bonds is 67. The van der Waals surface area contributed by atoms with Gasteiger partial charge in [0.1, 0.15) is 13.2 Å². The fourth-order valence-corrected chi connectivity index (χ4v) is 11.0. The van der Waals surface area contributed by atoms with Gasteiger partial charge in [-0.1, -0.05) is 333 Å². The molecule has 0 radical (unpaired) electrons. The van der Waals surface area contributed by atoms with Crippen LogP contribution in [0.5, 0.6) is 0 Å². The fourth-order valence-electron chi connectivity index (χ4n) is 10.3. The van der Waals surface area contributed by atoms with Gasteiger partial charge in [-0.25, -0.2) is 4.57 Å². The summed E-state index contributed by atoms with van der Waals surface area (Å²) in [6, 6.07) is -0.886. The van der Waals surface area contributed by atoms with Crippen LogP contribution in [0.2, 0.25) is 0 Å². The zero-order valence-corrected chi connectivity index (χ0v) is 60.0. The second-order valence-electron chi connectivity index (χ2n) is 25.9. The zero-order valence-electron chi connectivity index (χ0n) is 59.1. The molecule has 3 atom stereocenters. The van der Waals surface area contributed by atoms with Crippen LogP contribution in [0.1, 0.15) is 309 Å². The van der Waals surface area contributed by atoms with Gasteiger partial charge in [-0.3, -0.25) is 13.8 Å². The summed E-state index contributed by atoms with van der Waals surface area (Å²) >= 11 is 0. The number of aliphatic hydroxyl groups excluding tert-OH is 1. The number of allylic oxidation sites excluding steroid dienone is 23. The predicted octanol–water partition coefficient (Wildman–Crippen LogP) is 24.3. The average Bonchev–Trinajstić information content (AvgIpc) is 3.18. The minimum Gasteiger partial charge on any atom is -0.387 e. The molecule has 0 aliphatic carbocycles. The van der Waals surface area contributed by atoms with E-state index in [1.165, 1.54) is 173 Å². The number of carbonyl (C=O) groups excluding carboxylic acids is 1. The number of quaternary nitrogens is 1. The van der Waals surface area contributed by atoms with Crippen molar-refractivity contribution in [2.24, 2.45) is 0 Å². The molecule has 0 aromatic heterocycles. The monoisotopic (exact) mass is 1270 g/mol. The maximum Gasteiger partial charge on any atom is 0.472 e. The van der Waals surface area contributed by atoms with Gasteiger partial charge in [-0.2, -0.15) is 0 Å².